The number of para-hydroxylation sites is 3. The number of anilines is 3. The molecule has 4 aliphatic carbocycles. The fourth-order valence-corrected chi connectivity index (χ4v) is 13.4. The van der Waals surface area contributed by atoms with E-state index in [0.717, 1.165) is 56.8 Å². The van der Waals surface area contributed by atoms with Gasteiger partial charge in [-0.3, -0.25) is 0 Å². The average molecular weight is 837 g/mol. The Bertz CT molecular complexity index is 3610. The zero-order valence-electron chi connectivity index (χ0n) is 36.3. The Morgan fingerprint density at radius 2 is 1.09 bits per heavy atom. The van der Waals surface area contributed by atoms with Crippen molar-refractivity contribution in [2.24, 2.45) is 17.8 Å². The minimum absolute atomic E-state index is 0.322. The van der Waals surface area contributed by atoms with Crippen molar-refractivity contribution < 1.29 is 4.42 Å². The van der Waals surface area contributed by atoms with E-state index in [9.17, 15) is 0 Å². The molecular weight excluding hydrogens is 789 g/mol. The lowest BCUT2D eigenvalue weighted by atomic mass is 9.48. The highest BCUT2D eigenvalue weighted by molar-refractivity contribution is 6.13. The summed E-state index contributed by atoms with van der Waals surface area (Å²) in [5, 5.41) is 7.34. The molecule has 9 aromatic carbocycles. The van der Waals surface area contributed by atoms with Gasteiger partial charge in [0.05, 0.1) is 16.7 Å². The van der Waals surface area contributed by atoms with Crippen LogP contribution in [0.2, 0.25) is 0 Å². The van der Waals surface area contributed by atoms with Gasteiger partial charge < -0.3 is 13.9 Å². The summed E-state index contributed by atoms with van der Waals surface area (Å²) in [6, 6.07) is 74.1. The third-order valence-electron chi connectivity index (χ3n) is 15.7. The van der Waals surface area contributed by atoms with Gasteiger partial charge in [-0.05, 0) is 161 Å². The van der Waals surface area contributed by atoms with Crippen LogP contribution in [-0.4, -0.2) is 4.57 Å². The van der Waals surface area contributed by atoms with Crippen LogP contribution in [0.25, 0.3) is 82.5 Å². The first kappa shape index (κ1) is 37.1. The van der Waals surface area contributed by atoms with Crippen molar-refractivity contribution >= 4 is 71.6 Å². The molecule has 3 nitrogen and oxygen atoms in total. The van der Waals surface area contributed by atoms with E-state index in [1.54, 1.807) is 5.56 Å². The molecule has 0 radical (unpaired) electrons. The Morgan fingerprint density at radius 3 is 1.89 bits per heavy atom. The first-order chi connectivity index (χ1) is 32.1. The summed E-state index contributed by atoms with van der Waals surface area (Å²) in [5.41, 5.74) is 15.4. The number of hydrogen-bond acceptors (Lipinski definition) is 2. The van der Waals surface area contributed by atoms with Crippen LogP contribution in [0.3, 0.4) is 0 Å². The molecule has 0 amide bonds. The number of fused-ring (bicyclic) bond motifs is 7. The maximum Gasteiger partial charge on any atom is 0.135 e. The summed E-state index contributed by atoms with van der Waals surface area (Å²) in [5.74, 6) is 2.70. The Hall–Kier alpha value is -7.36. The van der Waals surface area contributed by atoms with Crippen molar-refractivity contribution in [2.45, 2.75) is 43.9 Å². The topological polar surface area (TPSA) is 21.3 Å². The molecular formula is C62H48N2O. The van der Waals surface area contributed by atoms with Gasteiger partial charge in [0.1, 0.15) is 11.2 Å². The fraction of sp³-hybridized carbons (Fsp3) is 0.161. The highest BCUT2D eigenvalue weighted by atomic mass is 16.3. The van der Waals surface area contributed by atoms with Crippen molar-refractivity contribution in [1.29, 1.82) is 0 Å². The van der Waals surface area contributed by atoms with Crippen LogP contribution in [0.4, 0.5) is 17.1 Å². The van der Waals surface area contributed by atoms with Crippen molar-refractivity contribution in [3.63, 3.8) is 0 Å². The summed E-state index contributed by atoms with van der Waals surface area (Å²) in [4.78, 5) is 2.48. The Balaban J connectivity index is 1.02. The maximum absolute atomic E-state index is 6.42. The quantitative estimate of drug-likeness (QED) is 0.159. The molecule has 312 valence electrons. The Kier molecular flexibility index (Phi) is 8.17. The predicted octanol–water partition coefficient (Wildman–Crippen LogP) is 17.1. The van der Waals surface area contributed by atoms with Gasteiger partial charge in [0.25, 0.3) is 0 Å². The monoisotopic (exact) mass is 836 g/mol. The van der Waals surface area contributed by atoms with Crippen molar-refractivity contribution in [2.75, 3.05) is 4.90 Å². The summed E-state index contributed by atoms with van der Waals surface area (Å²) >= 11 is 0. The second kappa shape index (κ2) is 14.3. The van der Waals surface area contributed by atoms with E-state index in [4.69, 9.17) is 4.42 Å². The zero-order valence-corrected chi connectivity index (χ0v) is 36.3. The van der Waals surface area contributed by atoms with Gasteiger partial charge in [-0.25, -0.2) is 0 Å². The van der Waals surface area contributed by atoms with Crippen LogP contribution in [0.1, 0.15) is 44.1 Å². The van der Waals surface area contributed by atoms with Crippen molar-refractivity contribution in [3.05, 3.63) is 206 Å². The lowest BCUT2D eigenvalue weighted by Gasteiger charge is -2.57. The van der Waals surface area contributed by atoms with Crippen LogP contribution in [0, 0.1) is 17.8 Å². The Labute approximate surface area is 379 Å². The highest BCUT2D eigenvalue weighted by Crippen LogP contribution is 2.61. The first-order valence-corrected chi connectivity index (χ1v) is 23.7. The van der Waals surface area contributed by atoms with Crippen LogP contribution < -0.4 is 4.90 Å². The van der Waals surface area contributed by atoms with Crippen LogP contribution in [0.15, 0.2) is 205 Å². The van der Waals surface area contributed by atoms with Gasteiger partial charge in [0, 0.05) is 44.2 Å². The molecule has 11 aromatic rings. The number of hydrogen-bond donors (Lipinski definition) is 0. The second-order valence-electron chi connectivity index (χ2n) is 19.5. The van der Waals surface area contributed by atoms with E-state index in [1.165, 1.54) is 99.0 Å². The minimum Gasteiger partial charge on any atom is -0.456 e. The number of aromatic nitrogens is 1. The molecule has 15 rings (SSSR count). The maximum atomic E-state index is 6.42. The standard InChI is InChI=1S/C62H48N2O/c1-3-13-43(14-4-1)49-21-11-15-44-16-12-22-53(61(44)49)50-19-7-9-23-56(50)63(47-27-30-60-55(35-47)52-20-8-10-24-59(52)65-60)48-26-28-51-54-34-45(62-37-40-31-41(38-62)33-42(32-40)39-62)25-29-57(54)64(58(51)36-48)46-17-5-2-6-18-46/h1-30,34-36,40-42H,31-33,37-39H2. The normalized spacial score (nSPS) is 20.2. The molecule has 4 aliphatic rings. The summed E-state index contributed by atoms with van der Waals surface area (Å²) in [6.07, 6.45) is 8.45. The van der Waals surface area contributed by atoms with E-state index >= 15 is 0 Å². The third kappa shape index (κ3) is 5.81. The van der Waals surface area contributed by atoms with Gasteiger partial charge in [-0.2, -0.15) is 0 Å². The average Bonchev–Trinajstić information content (AvgIpc) is 3.89. The number of furan rings is 1. The number of benzene rings is 9. The van der Waals surface area contributed by atoms with Crippen LogP contribution in [-0.2, 0) is 5.41 Å². The van der Waals surface area contributed by atoms with Gasteiger partial charge in [0.2, 0.25) is 0 Å². The van der Waals surface area contributed by atoms with Gasteiger partial charge >= 0.3 is 0 Å². The Morgan fingerprint density at radius 1 is 0.446 bits per heavy atom. The van der Waals surface area contributed by atoms with E-state index in [2.05, 4.69) is 210 Å². The molecule has 0 saturated heterocycles. The van der Waals surface area contributed by atoms with Gasteiger partial charge in [-0.15, -0.1) is 0 Å². The first-order valence-electron chi connectivity index (χ1n) is 23.7. The summed E-state index contributed by atoms with van der Waals surface area (Å²) in [6.45, 7) is 0. The SMILES string of the molecule is c1ccc(-c2cccc3cccc(-c4ccccc4N(c4ccc5oc6ccccc6c5c4)c4ccc5c6cc(C78CC9CC(CC(C9)C7)C8)ccc6n(-c6ccccc6)c5c4)c23)cc1. The van der Waals surface area contributed by atoms with Gasteiger partial charge in [-0.1, -0.05) is 133 Å². The number of rotatable bonds is 7. The molecule has 3 heteroatoms. The van der Waals surface area contributed by atoms with Gasteiger partial charge in [0.15, 0.2) is 0 Å². The molecule has 0 N–H and O–H groups in total. The molecule has 2 aromatic heterocycles. The number of nitrogens with zero attached hydrogens (tertiary/aromatic N) is 2. The summed E-state index contributed by atoms with van der Waals surface area (Å²) in [7, 11) is 0. The molecule has 0 unspecified atom stereocenters. The molecule has 4 fully saturated rings. The second-order valence-corrected chi connectivity index (χ2v) is 19.5. The third-order valence-corrected chi connectivity index (χ3v) is 15.7. The molecule has 4 saturated carbocycles. The van der Waals surface area contributed by atoms with Crippen LogP contribution >= 0.6 is 0 Å². The highest BCUT2D eigenvalue weighted by Gasteiger charge is 2.51. The van der Waals surface area contributed by atoms with E-state index in [0.29, 0.717) is 5.41 Å². The molecule has 65 heavy (non-hydrogen) atoms. The minimum atomic E-state index is 0.322. The van der Waals surface area contributed by atoms with Crippen LogP contribution in [0.5, 0.6) is 0 Å². The molecule has 2 heterocycles. The smallest absolute Gasteiger partial charge is 0.135 e. The zero-order chi connectivity index (χ0) is 42.6. The fourth-order valence-electron chi connectivity index (χ4n) is 13.4. The van der Waals surface area contributed by atoms with Crippen molar-refractivity contribution in [1.82, 2.24) is 4.57 Å². The molecule has 0 spiro atoms. The molecule has 0 aliphatic heterocycles. The van der Waals surface area contributed by atoms with Crippen molar-refractivity contribution in [3.8, 4) is 27.9 Å². The lowest BCUT2D eigenvalue weighted by Crippen LogP contribution is -2.48. The summed E-state index contributed by atoms with van der Waals surface area (Å²) < 4.78 is 8.92. The molecule has 0 atom stereocenters. The predicted molar refractivity (Wildman–Crippen MR) is 271 cm³/mol. The largest absolute Gasteiger partial charge is 0.456 e. The lowest BCUT2D eigenvalue weighted by molar-refractivity contribution is -0.00512. The van der Waals surface area contributed by atoms with E-state index in [1.807, 2.05) is 0 Å². The molecule has 4 bridgehead atoms. The van der Waals surface area contributed by atoms with E-state index < -0.39 is 0 Å². The van der Waals surface area contributed by atoms with E-state index in [-0.39, 0.29) is 0 Å².